The molecule has 0 N–H and O–H groups in total. The Labute approximate surface area is 86.0 Å². The maximum absolute atomic E-state index is 5.46. The predicted octanol–water partition coefficient (Wildman–Crippen LogP) is 0.393. The zero-order valence-electron chi connectivity index (χ0n) is 8.37. The van der Waals surface area contributed by atoms with Gasteiger partial charge < -0.3 is 8.54 Å². The van der Waals surface area contributed by atoms with Gasteiger partial charge in [-0.25, -0.2) is 0 Å². The molecule has 0 heterocycles. The van der Waals surface area contributed by atoms with Gasteiger partial charge in [0.1, 0.15) is 10.5 Å². The van der Waals surface area contributed by atoms with Crippen molar-refractivity contribution >= 4 is 20.5 Å². The van der Waals surface area contributed by atoms with Crippen LogP contribution in [0.3, 0.4) is 0 Å². The van der Waals surface area contributed by atoms with Crippen molar-refractivity contribution in [2.75, 3.05) is 6.61 Å². The highest BCUT2D eigenvalue weighted by molar-refractivity contribution is 6.27. The largest absolute Gasteiger partial charge is 0.446 e. The monoisotopic (exact) mass is 215 g/mol. The lowest BCUT2D eigenvalue weighted by Gasteiger charge is -2.14. The van der Waals surface area contributed by atoms with Crippen LogP contribution >= 0.6 is 0 Å². The fourth-order valence-electron chi connectivity index (χ4n) is 2.23. The molecule has 0 aromatic rings. The van der Waals surface area contributed by atoms with Crippen LogP contribution in [-0.4, -0.2) is 27.1 Å². The SMILES string of the molecule is [SiH3]O[SiH]OCCC(C1CC1)C1CC1. The molecule has 2 saturated carbocycles. The van der Waals surface area contributed by atoms with Gasteiger partial charge in [0.05, 0.1) is 0 Å². The highest BCUT2D eigenvalue weighted by Gasteiger charge is 2.40. The van der Waals surface area contributed by atoms with E-state index in [2.05, 4.69) is 0 Å². The fourth-order valence-corrected chi connectivity index (χ4v) is 3.00. The number of hydrogen-bond donors (Lipinski definition) is 0. The van der Waals surface area contributed by atoms with Gasteiger partial charge >= 0.3 is 10.0 Å². The average Bonchev–Trinajstić information content (AvgIpc) is 2.99. The maximum atomic E-state index is 5.46. The molecule has 0 atom stereocenters. The number of rotatable bonds is 7. The first-order valence-electron chi connectivity index (χ1n) is 5.38. The summed E-state index contributed by atoms with van der Waals surface area (Å²) in [5.74, 6) is 3.15. The van der Waals surface area contributed by atoms with Crippen LogP contribution in [0.15, 0.2) is 0 Å². The topological polar surface area (TPSA) is 18.5 Å². The summed E-state index contributed by atoms with van der Waals surface area (Å²) in [6.07, 6.45) is 7.26. The van der Waals surface area contributed by atoms with Crippen molar-refractivity contribution < 1.29 is 8.54 Å². The molecular weight excluding hydrogens is 196 g/mol. The standard InChI is InChI=1S/C9H19O2Si2/c12-11-13-10-6-5-9(7-1-2-7)8-3-4-8/h7-9,13H,1-6H2,12H3. The minimum Gasteiger partial charge on any atom is -0.446 e. The van der Waals surface area contributed by atoms with Crippen molar-refractivity contribution in [3.8, 4) is 0 Å². The molecule has 0 amide bonds. The van der Waals surface area contributed by atoms with Gasteiger partial charge in [-0.3, -0.25) is 0 Å². The van der Waals surface area contributed by atoms with Gasteiger partial charge in [0, 0.05) is 6.61 Å². The summed E-state index contributed by atoms with van der Waals surface area (Å²) < 4.78 is 10.5. The molecule has 0 aliphatic heterocycles. The van der Waals surface area contributed by atoms with Crippen molar-refractivity contribution in [2.45, 2.75) is 32.1 Å². The normalized spacial score (nSPS) is 22.8. The van der Waals surface area contributed by atoms with E-state index in [-0.39, 0.29) is 10.0 Å². The lowest BCUT2D eigenvalue weighted by molar-refractivity contribution is 0.239. The Morgan fingerprint density at radius 2 is 1.85 bits per heavy atom. The molecule has 2 rings (SSSR count). The van der Waals surface area contributed by atoms with Crippen molar-refractivity contribution in [3.63, 3.8) is 0 Å². The molecule has 2 fully saturated rings. The zero-order chi connectivity index (χ0) is 9.10. The van der Waals surface area contributed by atoms with Crippen LogP contribution in [-0.2, 0) is 8.54 Å². The van der Waals surface area contributed by atoms with E-state index in [0.29, 0.717) is 0 Å². The van der Waals surface area contributed by atoms with Crippen LogP contribution < -0.4 is 0 Å². The molecule has 0 aromatic carbocycles. The van der Waals surface area contributed by atoms with E-state index in [9.17, 15) is 0 Å². The third-order valence-electron chi connectivity index (χ3n) is 3.19. The molecule has 2 aliphatic rings. The van der Waals surface area contributed by atoms with Crippen LogP contribution in [0.2, 0.25) is 0 Å². The van der Waals surface area contributed by atoms with E-state index in [1.54, 1.807) is 0 Å². The lowest BCUT2D eigenvalue weighted by Crippen LogP contribution is -2.12. The van der Waals surface area contributed by atoms with Gasteiger partial charge in [-0.2, -0.15) is 0 Å². The second-order valence-corrected chi connectivity index (χ2v) is 6.74. The molecule has 2 nitrogen and oxygen atoms in total. The van der Waals surface area contributed by atoms with Gasteiger partial charge in [0.15, 0.2) is 0 Å². The Morgan fingerprint density at radius 3 is 2.31 bits per heavy atom. The van der Waals surface area contributed by atoms with E-state index < -0.39 is 0 Å². The minimum atomic E-state index is -0.132. The summed E-state index contributed by atoms with van der Waals surface area (Å²) in [7, 11) is 0.700. The van der Waals surface area contributed by atoms with Crippen LogP contribution in [0.4, 0.5) is 0 Å². The summed E-state index contributed by atoms with van der Waals surface area (Å²) >= 11 is 0. The predicted molar refractivity (Wildman–Crippen MR) is 57.7 cm³/mol. The fraction of sp³-hybridized carbons (Fsp3) is 1.00. The van der Waals surface area contributed by atoms with E-state index >= 15 is 0 Å². The van der Waals surface area contributed by atoms with E-state index in [0.717, 1.165) is 34.8 Å². The first kappa shape index (κ1) is 9.89. The molecule has 0 bridgehead atoms. The van der Waals surface area contributed by atoms with Crippen molar-refractivity contribution in [2.24, 2.45) is 17.8 Å². The molecule has 0 spiro atoms. The molecule has 2 aliphatic carbocycles. The number of hydrogen-bond acceptors (Lipinski definition) is 2. The first-order valence-corrected chi connectivity index (χ1v) is 7.14. The molecule has 0 unspecified atom stereocenters. The summed E-state index contributed by atoms with van der Waals surface area (Å²) in [6.45, 7) is 0.954. The van der Waals surface area contributed by atoms with Crippen molar-refractivity contribution in [1.29, 1.82) is 0 Å². The Bertz CT molecular complexity index is 146. The van der Waals surface area contributed by atoms with E-state index in [1.807, 2.05) is 0 Å². The quantitative estimate of drug-likeness (QED) is 0.452. The summed E-state index contributed by atoms with van der Waals surface area (Å²) in [4.78, 5) is 0. The third kappa shape index (κ3) is 3.20. The van der Waals surface area contributed by atoms with Crippen LogP contribution in [0.25, 0.3) is 0 Å². The summed E-state index contributed by atoms with van der Waals surface area (Å²) in [5, 5.41) is 0. The lowest BCUT2D eigenvalue weighted by atomic mass is 9.95. The van der Waals surface area contributed by atoms with Crippen LogP contribution in [0.1, 0.15) is 32.1 Å². The Morgan fingerprint density at radius 1 is 1.23 bits per heavy atom. The highest BCUT2D eigenvalue weighted by Crippen LogP contribution is 2.50. The highest BCUT2D eigenvalue weighted by atomic mass is 28.3. The van der Waals surface area contributed by atoms with Gasteiger partial charge in [0.25, 0.3) is 0 Å². The summed E-state index contributed by atoms with van der Waals surface area (Å²) in [6, 6.07) is 0. The van der Waals surface area contributed by atoms with Crippen LogP contribution in [0, 0.1) is 17.8 Å². The third-order valence-corrected chi connectivity index (χ3v) is 4.33. The van der Waals surface area contributed by atoms with Crippen molar-refractivity contribution in [1.82, 2.24) is 0 Å². The smallest absolute Gasteiger partial charge is 0.353 e. The zero-order valence-corrected chi connectivity index (χ0v) is 11.5. The van der Waals surface area contributed by atoms with E-state index in [4.69, 9.17) is 8.54 Å². The van der Waals surface area contributed by atoms with Gasteiger partial charge in [-0.05, 0) is 49.9 Å². The first-order chi connectivity index (χ1) is 6.42. The van der Waals surface area contributed by atoms with Gasteiger partial charge in [-0.15, -0.1) is 0 Å². The molecule has 1 radical (unpaired) electrons. The average molecular weight is 215 g/mol. The molecular formula is C9H19O2Si2. The molecule has 4 heteroatoms. The second-order valence-electron chi connectivity index (χ2n) is 4.33. The van der Waals surface area contributed by atoms with Crippen LogP contribution in [0.5, 0.6) is 0 Å². The molecule has 13 heavy (non-hydrogen) atoms. The molecule has 75 valence electrons. The molecule has 0 saturated heterocycles. The summed E-state index contributed by atoms with van der Waals surface area (Å²) in [5.41, 5.74) is 0. The minimum absolute atomic E-state index is 0.132. The molecule has 0 aromatic heterocycles. The second kappa shape index (κ2) is 4.73. The Balaban J connectivity index is 1.59. The van der Waals surface area contributed by atoms with Crippen molar-refractivity contribution in [3.05, 3.63) is 0 Å². The van der Waals surface area contributed by atoms with E-state index in [1.165, 1.54) is 32.1 Å². The van der Waals surface area contributed by atoms with Gasteiger partial charge in [0.2, 0.25) is 0 Å². The van der Waals surface area contributed by atoms with Gasteiger partial charge in [-0.1, -0.05) is 0 Å². The Kier molecular flexibility index (Phi) is 3.60. The Hall–Kier alpha value is 0.354. The maximum Gasteiger partial charge on any atom is 0.353 e.